The van der Waals surface area contributed by atoms with Gasteiger partial charge in [-0.2, -0.15) is 4.99 Å². The van der Waals surface area contributed by atoms with Crippen LogP contribution in [0.25, 0.3) is 0 Å². The van der Waals surface area contributed by atoms with Gasteiger partial charge in [-0.3, -0.25) is 4.79 Å². The van der Waals surface area contributed by atoms with E-state index in [1.807, 2.05) is 38.1 Å². The Bertz CT molecular complexity index is 949. The number of amidine groups is 1. The number of carbonyl (C=O) groups is 2. The molecule has 0 fully saturated rings. The number of allylic oxidation sites excluding steroid dienone is 1. The standard InChI is InChI=1S/C23H28N4O2.3H2/c1-15-6-10-18(11-7-15)25-21(28)17-8-12-19(13-9-17)26-22(29)27-20(24)14-16(2)23(3,4)5;;;/h6-14H,1-5H3,(H,25,28)(H3,24,26,27,29);3*1H/b16-14+;;;. The van der Waals surface area contributed by atoms with Crippen molar-refractivity contribution in [2.45, 2.75) is 34.6 Å². The summed E-state index contributed by atoms with van der Waals surface area (Å²) in [5, 5.41) is 5.47. The highest BCUT2D eigenvalue weighted by Crippen LogP contribution is 2.23. The van der Waals surface area contributed by atoms with Crippen LogP contribution in [0, 0.1) is 12.3 Å². The highest BCUT2D eigenvalue weighted by molar-refractivity contribution is 6.05. The van der Waals surface area contributed by atoms with Gasteiger partial charge in [-0.05, 0) is 61.7 Å². The second-order valence-corrected chi connectivity index (χ2v) is 7.94. The number of anilines is 2. The first-order valence-corrected chi connectivity index (χ1v) is 9.36. The first kappa shape index (κ1) is 21.9. The van der Waals surface area contributed by atoms with Crippen molar-refractivity contribution in [2.24, 2.45) is 16.1 Å². The van der Waals surface area contributed by atoms with Gasteiger partial charge in [0.1, 0.15) is 5.84 Å². The van der Waals surface area contributed by atoms with Crippen LogP contribution in [0.15, 0.2) is 65.2 Å². The molecule has 0 saturated carbocycles. The smallest absolute Gasteiger partial charge is 0.347 e. The fraction of sp³-hybridized carbons (Fsp3) is 0.261. The van der Waals surface area contributed by atoms with Crippen LogP contribution in [0.1, 0.15) is 47.9 Å². The Kier molecular flexibility index (Phi) is 6.93. The third-order valence-corrected chi connectivity index (χ3v) is 4.49. The number of carbonyl (C=O) groups excluding carboxylic acids is 2. The summed E-state index contributed by atoms with van der Waals surface area (Å²) in [6.07, 6.45) is 1.69. The minimum atomic E-state index is -0.572. The number of nitrogens with zero attached hydrogens (tertiary/aromatic N) is 1. The summed E-state index contributed by atoms with van der Waals surface area (Å²) in [7, 11) is 0. The number of aryl methyl sites for hydroxylation is 1. The zero-order valence-electron chi connectivity index (χ0n) is 17.5. The average molecular weight is 399 g/mol. The molecule has 158 valence electrons. The highest BCUT2D eigenvalue weighted by atomic mass is 16.2. The van der Waals surface area contributed by atoms with Crippen molar-refractivity contribution in [3.8, 4) is 0 Å². The SMILES string of the molecule is C/C(=C\C(N)=N/C(=O)Nc1ccc(C(=O)Nc2ccc(C)cc2)cc1)C(C)(C)C.[HH].[HH].[HH]. The van der Waals surface area contributed by atoms with E-state index in [4.69, 9.17) is 5.73 Å². The third-order valence-electron chi connectivity index (χ3n) is 4.49. The molecule has 2 rings (SSSR count). The number of aliphatic imine (C=N–C) groups is 1. The van der Waals surface area contributed by atoms with E-state index in [0.717, 1.165) is 16.8 Å². The van der Waals surface area contributed by atoms with E-state index in [0.29, 0.717) is 11.3 Å². The summed E-state index contributed by atoms with van der Waals surface area (Å²) >= 11 is 0. The maximum absolute atomic E-state index is 12.3. The molecule has 3 amide bonds. The molecule has 6 heteroatoms. The lowest BCUT2D eigenvalue weighted by Crippen LogP contribution is -2.18. The van der Waals surface area contributed by atoms with Crippen molar-refractivity contribution < 1.29 is 13.9 Å². The number of benzene rings is 2. The Balaban J connectivity index is 0. The Morgan fingerprint density at radius 1 is 0.966 bits per heavy atom. The second kappa shape index (κ2) is 9.19. The number of rotatable bonds is 4. The van der Waals surface area contributed by atoms with Gasteiger partial charge >= 0.3 is 6.03 Å². The summed E-state index contributed by atoms with van der Waals surface area (Å²) in [5.41, 5.74) is 9.65. The molecule has 0 aliphatic rings. The maximum Gasteiger partial charge on any atom is 0.347 e. The number of hydrogen-bond acceptors (Lipinski definition) is 2. The predicted octanol–water partition coefficient (Wildman–Crippen LogP) is 5.87. The third kappa shape index (κ3) is 6.92. The van der Waals surface area contributed by atoms with Crippen molar-refractivity contribution >= 4 is 29.1 Å². The quantitative estimate of drug-likeness (QED) is 0.444. The van der Waals surface area contributed by atoms with Crippen LogP contribution < -0.4 is 16.4 Å². The van der Waals surface area contributed by atoms with Gasteiger partial charge in [-0.1, -0.05) is 44.0 Å². The predicted molar refractivity (Wildman–Crippen MR) is 126 cm³/mol. The van der Waals surface area contributed by atoms with Crippen LogP contribution in [-0.4, -0.2) is 17.8 Å². The summed E-state index contributed by atoms with van der Waals surface area (Å²) in [5.74, 6) is -0.0826. The molecule has 2 aromatic rings. The fourth-order valence-electron chi connectivity index (χ4n) is 2.28. The first-order valence-electron chi connectivity index (χ1n) is 9.36. The molecule has 29 heavy (non-hydrogen) atoms. The molecule has 0 aromatic heterocycles. The Labute approximate surface area is 176 Å². The van der Waals surface area contributed by atoms with Gasteiger partial charge in [0.25, 0.3) is 5.91 Å². The topological polar surface area (TPSA) is 96.6 Å². The minimum absolute atomic E-state index is 0. The first-order chi connectivity index (χ1) is 13.5. The molecule has 0 unspecified atom stereocenters. The van der Waals surface area contributed by atoms with E-state index in [2.05, 4.69) is 36.4 Å². The van der Waals surface area contributed by atoms with Gasteiger partial charge in [0.2, 0.25) is 0 Å². The minimum Gasteiger partial charge on any atom is -0.384 e. The largest absolute Gasteiger partial charge is 0.384 e. The van der Waals surface area contributed by atoms with Gasteiger partial charge in [-0.15, -0.1) is 0 Å². The molecule has 0 radical (unpaired) electrons. The molecule has 0 saturated heterocycles. The van der Waals surface area contributed by atoms with Crippen molar-refractivity contribution in [2.75, 3.05) is 10.6 Å². The van der Waals surface area contributed by atoms with Crippen LogP contribution in [0.2, 0.25) is 0 Å². The molecule has 0 aliphatic carbocycles. The molecule has 4 N–H and O–H groups in total. The highest BCUT2D eigenvalue weighted by Gasteiger charge is 2.13. The van der Waals surface area contributed by atoms with Crippen LogP contribution in [0.5, 0.6) is 0 Å². The number of nitrogens with two attached hydrogens (primary N) is 1. The number of amides is 3. The summed E-state index contributed by atoms with van der Waals surface area (Å²) in [6, 6.07) is 13.5. The molecule has 0 bridgehead atoms. The van der Waals surface area contributed by atoms with Crippen LogP contribution in [0.4, 0.5) is 16.2 Å². The molecule has 0 heterocycles. The van der Waals surface area contributed by atoms with E-state index in [9.17, 15) is 9.59 Å². The van der Waals surface area contributed by atoms with Gasteiger partial charge in [0.05, 0.1) is 0 Å². The summed E-state index contributed by atoms with van der Waals surface area (Å²) in [6.45, 7) is 10.1. The van der Waals surface area contributed by atoms with E-state index in [1.165, 1.54) is 0 Å². The molecule has 6 nitrogen and oxygen atoms in total. The van der Waals surface area contributed by atoms with Crippen molar-refractivity contribution in [1.82, 2.24) is 0 Å². The normalized spacial score (nSPS) is 12.4. The molecular weight excluding hydrogens is 364 g/mol. The Hall–Kier alpha value is -3.41. The Morgan fingerprint density at radius 2 is 1.48 bits per heavy atom. The average Bonchev–Trinajstić information content (AvgIpc) is 2.63. The van der Waals surface area contributed by atoms with E-state index >= 15 is 0 Å². The molecule has 0 spiro atoms. The summed E-state index contributed by atoms with van der Waals surface area (Å²) < 4.78 is 0. The van der Waals surface area contributed by atoms with Crippen molar-refractivity contribution in [3.05, 3.63) is 71.3 Å². The summed E-state index contributed by atoms with van der Waals surface area (Å²) in [4.78, 5) is 28.2. The van der Waals surface area contributed by atoms with Gasteiger partial charge in [0.15, 0.2) is 0 Å². The lowest BCUT2D eigenvalue weighted by molar-refractivity contribution is 0.102. The lowest BCUT2D eigenvalue weighted by Gasteiger charge is -2.19. The van der Waals surface area contributed by atoms with Gasteiger partial charge < -0.3 is 16.4 Å². The second-order valence-electron chi connectivity index (χ2n) is 7.94. The Morgan fingerprint density at radius 3 is 2.03 bits per heavy atom. The molecule has 0 atom stereocenters. The van der Waals surface area contributed by atoms with Crippen LogP contribution in [0.3, 0.4) is 0 Å². The zero-order valence-corrected chi connectivity index (χ0v) is 17.5. The van der Waals surface area contributed by atoms with Gasteiger partial charge in [-0.25, -0.2) is 4.79 Å². The van der Waals surface area contributed by atoms with E-state index in [-0.39, 0.29) is 21.4 Å². The van der Waals surface area contributed by atoms with E-state index < -0.39 is 6.03 Å². The monoisotopic (exact) mass is 398 g/mol. The van der Waals surface area contributed by atoms with Crippen LogP contribution >= 0.6 is 0 Å². The lowest BCUT2D eigenvalue weighted by atomic mass is 9.87. The van der Waals surface area contributed by atoms with Crippen molar-refractivity contribution in [1.29, 1.82) is 0 Å². The molecular formula is C23H34N4O2. The van der Waals surface area contributed by atoms with Gasteiger partial charge in [0, 0.05) is 21.2 Å². The maximum atomic E-state index is 12.3. The van der Waals surface area contributed by atoms with Crippen molar-refractivity contribution in [3.63, 3.8) is 0 Å². The molecule has 2 aromatic carbocycles. The zero-order chi connectivity index (χ0) is 21.6. The van der Waals surface area contributed by atoms with E-state index in [1.54, 1.807) is 30.3 Å². The molecule has 0 aliphatic heterocycles. The number of urea groups is 1. The fourth-order valence-corrected chi connectivity index (χ4v) is 2.28. The number of nitrogens with one attached hydrogen (secondary N) is 2. The number of hydrogen-bond donors (Lipinski definition) is 3. The van der Waals surface area contributed by atoms with Crippen LogP contribution in [-0.2, 0) is 0 Å².